The summed E-state index contributed by atoms with van der Waals surface area (Å²) in [5.74, 6) is 0. The number of rotatable bonds is 4. The van der Waals surface area contributed by atoms with Gasteiger partial charge in [-0.25, -0.2) is 0 Å². The van der Waals surface area contributed by atoms with E-state index in [0.29, 0.717) is 0 Å². The van der Waals surface area contributed by atoms with Gasteiger partial charge < -0.3 is 10.2 Å². The van der Waals surface area contributed by atoms with Crippen LogP contribution in [0.2, 0.25) is 0 Å². The molecular formula is C13H26N2. The molecule has 1 N–H and O–H groups in total. The van der Waals surface area contributed by atoms with E-state index < -0.39 is 0 Å². The number of hydrogen-bond donors (Lipinski definition) is 1. The summed E-state index contributed by atoms with van der Waals surface area (Å²) >= 11 is 0. The minimum Gasteiger partial charge on any atom is -0.314 e. The number of piperidine rings is 1. The first kappa shape index (κ1) is 11.4. The summed E-state index contributed by atoms with van der Waals surface area (Å²) < 4.78 is 0. The molecule has 0 aromatic heterocycles. The van der Waals surface area contributed by atoms with Crippen LogP contribution in [0.3, 0.4) is 0 Å². The molecule has 1 heterocycles. The summed E-state index contributed by atoms with van der Waals surface area (Å²) in [6, 6.07) is 1.70. The largest absolute Gasteiger partial charge is 0.314 e. The molecule has 0 aromatic carbocycles. The molecule has 0 aromatic rings. The van der Waals surface area contributed by atoms with Gasteiger partial charge in [-0.1, -0.05) is 19.3 Å². The van der Waals surface area contributed by atoms with E-state index in [2.05, 4.69) is 17.3 Å². The van der Waals surface area contributed by atoms with Crippen molar-refractivity contribution in [2.45, 2.75) is 63.5 Å². The summed E-state index contributed by atoms with van der Waals surface area (Å²) in [5, 5.41) is 3.64. The van der Waals surface area contributed by atoms with Gasteiger partial charge in [0, 0.05) is 12.1 Å². The van der Waals surface area contributed by atoms with Crippen molar-refractivity contribution in [3.05, 3.63) is 0 Å². The van der Waals surface area contributed by atoms with Gasteiger partial charge in [-0.3, -0.25) is 0 Å². The van der Waals surface area contributed by atoms with E-state index in [4.69, 9.17) is 0 Å². The van der Waals surface area contributed by atoms with Gasteiger partial charge in [-0.05, 0) is 52.2 Å². The summed E-state index contributed by atoms with van der Waals surface area (Å²) in [6.45, 7) is 2.54. The zero-order chi connectivity index (χ0) is 10.5. The van der Waals surface area contributed by atoms with E-state index in [9.17, 15) is 0 Å². The molecule has 2 rings (SSSR count). The maximum atomic E-state index is 3.64. The molecule has 0 amide bonds. The average Bonchev–Trinajstić information content (AvgIpc) is 2.81. The molecule has 1 aliphatic carbocycles. The molecule has 2 aliphatic rings. The van der Waals surface area contributed by atoms with Crippen LogP contribution in [-0.4, -0.2) is 37.1 Å². The third kappa shape index (κ3) is 3.46. The summed E-state index contributed by atoms with van der Waals surface area (Å²) in [6.07, 6.45) is 11.4. The SMILES string of the molecule is CN(CCC1CCCCN1)C1CCCC1. The highest BCUT2D eigenvalue weighted by atomic mass is 15.1. The molecular weight excluding hydrogens is 184 g/mol. The Morgan fingerprint density at radius 3 is 2.47 bits per heavy atom. The van der Waals surface area contributed by atoms with E-state index in [-0.39, 0.29) is 0 Å². The standard InChI is InChI=1S/C13H26N2/c1-15(13-7-2-3-8-13)11-9-12-6-4-5-10-14-12/h12-14H,2-11H2,1H3. The zero-order valence-corrected chi connectivity index (χ0v) is 10.2. The van der Waals surface area contributed by atoms with E-state index in [1.165, 1.54) is 64.5 Å². The second kappa shape index (κ2) is 5.86. The molecule has 0 spiro atoms. The topological polar surface area (TPSA) is 15.3 Å². The Morgan fingerprint density at radius 1 is 1.07 bits per heavy atom. The van der Waals surface area contributed by atoms with E-state index in [1.54, 1.807) is 0 Å². The lowest BCUT2D eigenvalue weighted by Crippen LogP contribution is -2.38. The van der Waals surface area contributed by atoms with Crippen molar-refractivity contribution in [1.82, 2.24) is 10.2 Å². The van der Waals surface area contributed by atoms with E-state index >= 15 is 0 Å². The Kier molecular flexibility index (Phi) is 4.45. The normalized spacial score (nSPS) is 28.8. The fraction of sp³-hybridized carbons (Fsp3) is 1.00. The fourth-order valence-corrected chi connectivity index (χ4v) is 3.06. The molecule has 2 fully saturated rings. The highest BCUT2D eigenvalue weighted by molar-refractivity contribution is 4.78. The van der Waals surface area contributed by atoms with Crippen LogP contribution in [0.25, 0.3) is 0 Å². The lowest BCUT2D eigenvalue weighted by Gasteiger charge is -2.28. The molecule has 1 atom stereocenters. The summed E-state index contributed by atoms with van der Waals surface area (Å²) in [5.41, 5.74) is 0. The Bertz CT molecular complexity index is 169. The van der Waals surface area contributed by atoms with Gasteiger partial charge in [-0.2, -0.15) is 0 Å². The lowest BCUT2D eigenvalue weighted by molar-refractivity contribution is 0.224. The van der Waals surface area contributed by atoms with Crippen molar-refractivity contribution in [2.75, 3.05) is 20.1 Å². The van der Waals surface area contributed by atoms with Crippen LogP contribution in [0.1, 0.15) is 51.4 Å². The van der Waals surface area contributed by atoms with Gasteiger partial charge in [0.2, 0.25) is 0 Å². The first-order valence-electron chi connectivity index (χ1n) is 6.80. The number of nitrogens with one attached hydrogen (secondary N) is 1. The van der Waals surface area contributed by atoms with Crippen LogP contribution in [-0.2, 0) is 0 Å². The van der Waals surface area contributed by atoms with Gasteiger partial charge in [0.1, 0.15) is 0 Å². The number of nitrogens with zero attached hydrogens (tertiary/aromatic N) is 1. The third-order valence-electron chi connectivity index (χ3n) is 4.19. The summed E-state index contributed by atoms with van der Waals surface area (Å²) in [4.78, 5) is 2.60. The van der Waals surface area contributed by atoms with Crippen LogP contribution < -0.4 is 5.32 Å². The van der Waals surface area contributed by atoms with Crippen LogP contribution in [0, 0.1) is 0 Å². The van der Waals surface area contributed by atoms with Crippen molar-refractivity contribution < 1.29 is 0 Å². The van der Waals surface area contributed by atoms with Crippen LogP contribution in [0.15, 0.2) is 0 Å². The molecule has 0 radical (unpaired) electrons. The highest BCUT2D eigenvalue weighted by Crippen LogP contribution is 2.22. The van der Waals surface area contributed by atoms with Crippen LogP contribution in [0.4, 0.5) is 0 Å². The Morgan fingerprint density at radius 2 is 1.80 bits per heavy atom. The molecule has 1 aliphatic heterocycles. The Balaban J connectivity index is 1.63. The molecule has 2 heteroatoms. The predicted molar refractivity (Wildman–Crippen MR) is 65.1 cm³/mol. The third-order valence-corrected chi connectivity index (χ3v) is 4.19. The average molecular weight is 210 g/mol. The fourth-order valence-electron chi connectivity index (χ4n) is 3.06. The lowest BCUT2D eigenvalue weighted by atomic mass is 10.0. The molecule has 1 saturated heterocycles. The van der Waals surface area contributed by atoms with Gasteiger partial charge in [0.15, 0.2) is 0 Å². The van der Waals surface area contributed by atoms with Crippen LogP contribution >= 0.6 is 0 Å². The molecule has 1 unspecified atom stereocenters. The smallest absolute Gasteiger partial charge is 0.00922 e. The Hall–Kier alpha value is -0.0800. The predicted octanol–water partition coefficient (Wildman–Crippen LogP) is 2.39. The van der Waals surface area contributed by atoms with E-state index in [0.717, 1.165) is 12.1 Å². The molecule has 1 saturated carbocycles. The van der Waals surface area contributed by atoms with E-state index in [1.807, 2.05) is 0 Å². The molecule has 88 valence electrons. The first-order chi connectivity index (χ1) is 7.36. The second-order valence-electron chi connectivity index (χ2n) is 5.35. The maximum Gasteiger partial charge on any atom is 0.00922 e. The van der Waals surface area contributed by atoms with Gasteiger partial charge >= 0.3 is 0 Å². The zero-order valence-electron chi connectivity index (χ0n) is 10.2. The molecule has 15 heavy (non-hydrogen) atoms. The van der Waals surface area contributed by atoms with Gasteiger partial charge in [0.25, 0.3) is 0 Å². The van der Waals surface area contributed by atoms with Crippen molar-refractivity contribution >= 4 is 0 Å². The molecule has 2 nitrogen and oxygen atoms in total. The summed E-state index contributed by atoms with van der Waals surface area (Å²) in [7, 11) is 2.32. The number of hydrogen-bond acceptors (Lipinski definition) is 2. The monoisotopic (exact) mass is 210 g/mol. The van der Waals surface area contributed by atoms with Crippen LogP contribution in [0.5, 0.6) is 0 Å². The minimum atomic E-state index is 0.808. The van der Waals surface area contributed by atoms with Crippen molar-refractivity contribution in [2.24, 2.45) is 0 Å². The minimum absolute atomic E-state index is 0.808. The highest BCUT2D eigenvalue weighted by Gasteiger charge is 2.20. The molecule has 0 bridgehead atoms. The first-order valence-corrected chi connectivity index (χ1v) is 6.80. The van der Waals surface area contributed by atoms with Crippen molar-refractivity contribution in [3.63, 3.8) is 0 Å². The van der Waals surface area contributed by atoms with Gasteiger partial charge in [-0.15, -0.1) is 0 Å². The Labute approximate surface area is 94.4 Å². The van der Waals surface area contributed by atoms with Crippen molar-refractivity contribution in [3.8, 4) is 0 Å². The maximum absolute atomic E-state index is 3.64. The second-order valence-corrected chi connectivity index (χ2v) is 5.35. The van der Waals surface area contributed by atoms with Gasteiger partial charge in [0.05, 0.1) is 0 Å². The quantitative estimate of drug-likeness (QED) is 0.766. The van der Waals surface area contributed by atoms with Crippen molar-refractivity contribution in [1.29, 1.82) is 0 Å².